The van der Waals surface area contributed by atoms with Crippen LogP contribution in [0.3, 0.4) is 0 Å². The molecule has 0 aliphatic heterocycles. The van der Waals surface area contributed by atoms with Crippen molar-refractivity contribution < 1.29 is 18.3 Å². The summed E-state index contributed by atoms with van der Waals surface area (Å²) in [5, 5.41) is 8.43. The number of hydrogen-bond donors (Lipinski definition) is 0. The van der Waals surface area contributed by atoms with Crippen LogP contribution in [0, 0.1) is 23.0 Å². The molecule has 5 heteroatoms. The summed E-state index contributed by atoms with van der Waals surface area (Å²) in [6.07, 6.45) is -0.245. The summed E-state index contributed by atoms with van der Waals surface area (Å²) in [6.45, 7) is 0. The number of rotatable bonds is 2. The van der Waals surface area contributed by atoms with Gasteiger partial charge in [-0.15, -0.1) is 0 Å². The second kappa shape index (κ2) is 4.51. The predicted molar refractivity (Wildman–Crippen MR) is 48.7 cm³/mol. The molecule has 1 aromatic carbocycles. The van der Waals surface area contributed by atoms with Crippen LogP contribution in [0.5, 0.6) is 0 Å². The number of halogens is 2. The standard InChI is InChI=1S/C10H7F2NO2/c1-15-10(14)4-6-2-9(12)7(5-13)3-8(6)11/h2-3H,4H2,1H3/p+1. The van der Waals surface area contributed by atoms with Gasteiger partial charge in [0.25, 0.3) is 0 Å². The minimum atomic E-state index is -0.821. The van der Waals surface area contributed by atoms with E-state index in [0.29, 0.717) is 0 Å². The third kappa shape index (κ3) is 2.50. The van der Waals surface area contributed by atoms with E-state index in [2.05, 4.69) is 4.74 Å². The first-order valence-corrected chi connectivity index (χ1v) is 4.05. The topological polar surface area (TPSA) is 54.4 Å². The summed E-state index contributed by atoms with van der Waals surface area (Å²) >= 11 is 0. The third-order valence-corrected chi connectivity index (χ3v) is 1.83. The maximum Gasteiger partial charge on any atom is 0.486 e. The van der Waals surface area contributed by atoms with Gasteiger partial charge in [-0.2, -0.15) is 5.26 Å². The monoisotopic (exact) mass is 212 g/mol. The number of ether oxygens (including phenoxy) is 1. The average Bonchev–Trinajstić information content (AvgIpc) is 2.22. The van der Waals surface area contributed by atoms with Crippen molar-refractivity contribution in [3.63, 3.8) is 0 Å². The minimum Gasteiger partial charge on any atom is -0.339 e. The molecule has 1 N–H and O–H groups in total. The van der Waals surface area contributed by atoms with Crippen LogP contribution in [0.4, 0.5) is 8.78 Å². The second-order valence-electron chi connectivity index (χ2n) is 2.81. The van der Waals surface area contributed by atoms with Crippen LogP contribution >= 0.6 is 0 Å². The molecule has 0 heterocycles. The second-order valence-corrected chi connectivity index (χ2v) is 2.81. The summed E-state index contributed by atoms with van der Waals surface area (Å²) in [5.41, 5.74) is -0.431. The number of carbonyl (C=O) groups excluding carboxylic acids is 1. The lowest BCUT2D eigenvalue weighted by Gasteiger charge is -2.00. The Hall–Kier alpha value is -1.96. The van der Waals surface area contributed by atoms with Crippen molar-refractivity contribution in [2.45, 2.75) is 6.42 Å². The van der Waals surface area contributed by atoms with Gasteiger partial charge in [-0.05, 0) is 12.1 Å². The van der Waals surface area contributed by atoms with Gasteiger partial charge in [-0.3, -0.25) is 0 Å². The van der Waals surface area contributed by atoms with Crippen LogP contribution in [0.1, 0.15) is 11.1 Å². The lowest BCUT2D eigenvalue weighted by atomic mass is 10.1. The van der Waals surface area contributed by atoms with E-state index in [0.717, 1.165) is 12.1 Å². The summed E-state index contributed by atoms with van der Waals surface area (Å²) < 4.78 is 30.7. The average molecular weight is 212 g/mol. The quantitative estimate of drug-likeness (QED) is 0.551. The van der Waals surface area contributed by atoms with E-state index in [4.69, 9.17) is 10.1 Å². The van der Waals surface area contributed by atoms with Crippen LogP contribution in [-0.4, -0.2) is 17.9 Å². The van der Waals surface area contributed by atoms with Gasteiger partial charge >= 0.3 is 5.97 Å². The highest BCUT2D eigenvalue weighted by atomic mass is 19.1. The predicted octanol–water partition coefficient (Wildman–Crippen LogP) is 1.53. The van der Waals surface area contributed by atoms with Crippen molar-refractivity contribution in [1.29, 1.82) is 5.26 Å². The third-order valence-electron chi connectivity index (χ3n) is 1.83. The van der Waals surface area contributed by atoms with E-state index >= 15 is 0 Å². The van der Waals surface area contributed by atoms with Gasteiger partial charge in [0.2, 0.25) is 0 Å². The maximum absolute atomic E-state index is 13.2. The molecule has 0 amide bonds. The van der Waals surface area contributed by atoms with Crippen LogP contribution in [0.25, 0.3) is 0 Å². The van der Waals surface area contributed by atoms with Gasteiger partial charge in [0.15, 0.2) is 7.11 Å². The SMILES string of the molecule is COC(=[OH+])Cc1cc(F)c(C#N)cc1F. The first-order chi connectivity index (χ1) is 7.08. The first kappa shape index (κ1) is 11.1. The number of nitriles is 1. The van der Waals surface area contributed by atoms with Gasteiger partial charge in [0, 0.05) is 5.56 Å². The van der Waals surface area contributed by atoms with Crippen molar-refractivity contribution in [2.24, 2.45) is 0 Å². The molecule has 0 unspecified atom stereocenters. The normalized spacial score (nSPS) is 9.47. The van der Waals surface area contributed by atoms with Crippen molar-refractivity contribution in [3.05, 3.63) is 34.9 Å². The largest absolute Gasteiger partial charge is 0.486 e. The van der Waals surface area contributed by atoms with Crippen LogP contribution in [0.2, 0.25) is 0 Å². The summed E-state index contributed by atoms with van der Waals surface area (Å²) in [7, 11) is 1.22. The Balaban J connectivity index is 3.06. The lowest BCUT2D eigenvalue weighted by molar-refractivity contribution is 0.343. The molecule has 3 nitrogen and oxygen atoms in total. The molecule has 0 saturated heterocycles. The molecule has 0 atom stereocenters. The molecule has 15 heavy (non-hydrogen) atoms. The fourth-order valence-corrected chi connectivity index (χ4v) is 1.04. The first-order valence-electron chi connectivity index (χ1n) is 4.05. The zero-order valence-corrected chi connectivity index (χ0v) is 7.92. The summed E-state index contributed by atoms with van der Waals surface area (Å²) in [4.78, 5) is 8.99. The van der Waals surface area contributed by atoms with Crippen molar-refractivity contribution >= 4 is 5.97 Å². The van der Waals surface area contributed by atoms with Gasteiger partial charge < -0.3 is 9.53 Å². The van der Waals surface area contributed by atoms with E-state index in [1.807, 2.05) is 0 Å². The zero-order valence-electron chi connectivity index (χ0n) is 7.92. The molecule has 0 bridgehead atoms. The molecule has 0 aliphatic carbocycles. The molecule has 1 rings (SSSR count). The molecule has 78 valence electrons. The molecule has 0 fully saturated rings. The lowest BCUT2D eigenvalue weighted by Crippen LogP contribution is -2.07. The fourth-order valence-electron chi connectivity index (χ4n) is 1.04. The number of benzene rings is 1. The highest BCUT2D eigenvalue weighted by molar-refractivity contribution is 5.73. The molecule has 0 spiro atoms. The highest BCUT2D eigenvalue weighted by Gasteiger charge is 2.16. The van der Waals surface area contributed by atoms with Crippen molar-refractivity contribution in [3.8, 4) is 6.07 Å². The van der Waals surface area contributed by atoms with Crippen molar-refractivity contribution in [2.75, 3.05) is 7.11 Å². The molecule has 0 radical (unpaired) electrons. The van der Waals surface area contributed by atoms with E-state index in [1.165, 1.54) is 13.2 Å². The number of esters is 1. The Morgan fingerprint density at radius 2 is 2.13 bits per heavy atom. The van der Waals surface area contributed by atoms with Crippen LogP contribution in [0.15, 0.2) is 12.1 Å². The van der Waals surface area contributed by atoms with E-state index in [1.54, 1.807) is 0 Å². The number of methoxy groups -OCH3 is 1. The number of hydrogen-bond acceptors (Lipinski definition) is 2. The Morgan fingerprint density at radius 3 is 2.67 bits per heavy atom. The fraction of sp³-hybridized carbons (Fsp3) is 0.200. The molecule has 0 saturated carbocycles. The Kier molecular flexibility index (Phi) is 3.34. The Bertz CT molecular complexity index is 438. The molecular formula is C10H8F2NO2+. The van der Waals surface area contributed by atoms with E-state index in [9.17, 15) is 8.78 Å². The molecule has 1 aromatic rings. The summed E-state index contributed by atoms with van der Waals surface area (Å²) in [6, 6.07) is 3.16. The van der Waals surface area contributed by atoms with Gasteiger partial charge in [-0.25, -0.2) is 8.78 Å². The minimum absolute atomic E-state index is 0.0640. The van der Waals surface area contributed by atoms with Gasteiger partial charge in [0.1, 0.15) is 24.1 Å². The Labute approximate surface area is 84.9 Å². The molecule has 0 aliphatic rings. The van der Waals surface area contributed by atoms with Crippen LogP contribution in [-0.2, 0) is 11.2 Å². The summed E-state index contributed by atoms with van der Waals surface area (Å²) in [5.74, 6) is -1.99. The number of nitrogens with zero attached hydrogens (tertiary/aromatic N) is 1. The molecular weight excluding hydrogens is 204 g/mol. The van der Waals surface area contributed by atoms with Crippen LogP contribution < -0.4 is 0 Å². The van der Waals surface area contributed by atoms with Gasteiger partial charge in [0.05, 0.1) is 5.56 Å². The van der Waals surface area contributed by atoms with E-state index < -0.39 is 17.6 Å². The van der Waals surface area contributed by atoms with Crippen molar-refractivity contribution in [1.82, 2.24) is 0 Å². The van der Waals surface area contributed by atoms with Gasteiger partial charge in [-0.1, -0.05) is 0 Å². The smallest absolute Gasteiger partial charge is 0.339 e. The molecule has 0 aromatic heterocycles. The zero-order chi connectivity index (χ0) is 11.4. The Morgan fingerprint density at radius 1 is 1.47 bits per heavy atom. The highest BCUT2D eigenvalue weighted by Crippen LogP contribution is 2.15. The van der Waals surface area contributed by atoms with E-state index in [-0.39, 0.29) is 17.5 Å². The maximum atomic E-state index is 13.2.